The molecule has 2 amide bonds. The Hall–Kier alpha value is -4.96. The van der Waals surface area contributed by atoms with Crippen LogP contribution in [-0.4, -0.2) is 41.8 Å². The first-order chi connectivity index (χ1) is 20.2. The molecule has 0 radical (unpaired) electrons. The van der Waals surface area contributed by atoms with Gasteiger partial charge in [0.1, 0.15) is 11.7 Å². The van der Waals surface area contributed by atoms with E-state index < -0.39 is 17.9 Å². The molecule has 0 saturated heterocycles. The Morgan fingerprint density at radius 1 is 0.976 bits per heavy atom. The molecule has 0 fully saturated rings. The number of hydrogen-bond donors (Lipinski definition) is 2. The number of rotatable bonds is 9. The van der Waals surface area contributed by atoms with E-state index in [4.69, 9.17) is 11.6 Å². The van der Waals surface area contributed by atoms with Crippen molar-refractivity contribution in [1.82, 2.24) is 29.2 Å². The molecule has 0 bridgehead atoms. The molecule has 214 valence electrons. The van der Waals surface area contributed by atoms with Crippen molar-refractivity contribution in [2.45, 2.75) is 32.4 Å². The van der Waals surface area contributed by atoms with Crippen LogP contribution in [-0.2, 0) is 18.3 Å². The van der Waals surface area contributed by atoms with Gasteiger partial charge in [0, 0.05) is 66.8 Å². The molecule has 5 rings (SSSR count). The number of nitrogens with one attached hydrogen (secondary N) is 2. The van der Waals surface area contributed by atoms with Crippen LogP contribution in [0, 0.1) is 0 Å². The van der Waals surface area contributed by atoms with Gasteiger partial charge in [-0.2, -0.15) is 5.10 Å². The van der Waals surface area contributed by atoms with Gasteiger partial charge in [-0.15, -0.1) is 0 Å². The average Bonchev–Trinajstić information content (AvgIpc) is 3.66. The molecule has 3 aromatic heterocycles. The van der Waals surface area contributed by atoms with Gasteiger partial charge >= 0.3 is 0 Å². The van der Waals surface area contributed by atoms with Gasteiger partial charge in [0.15, 0.2) is 0 Å². The van der Waals surface area contributed by atoms with Crippen molar-refractivity contribution in [2.24, 2.45) is 7.05 Å². The maximum Gasteiger partial charge on any atom is 0.270 e. The zero-order chi connectivity index (χ0) is 29.8. The number of carbonyl (C=O) groups excluding carboxylic acids is 2. The molecule has 5 aromatic rings. The largest absolute Gasteiger partial charge is 0.339 e. The first-order valence-corrected chi connectivity index (χ1v) is 13.8. The van der Waals surface area contributed by atoms with Crippen molar-refractivity contribution in [1.29, 1.82) is 0 Å². The van der Waals surface area contributed by atoms with Gasteiger partial charge < -0.3 is 19.8 Å². The molecule has 42 heavy (non-hydrogen) atoms. The second-order valence-corrected chi connectivity index (χ2v) is 10.5. The third kappa shape index (κ3) is 6.34. The maximum atomic E-state index is 13.6. The lowest BCUT2D eigenvalue weighted by atomic mass is 9.99. The number of nitrogens with zero attached hydrogens (tertiary/aromatic N) is 5. The number of pyridine rings is 1. The van der Waals surface area contributed by atoms with E-state index in [0.717, 1.165) is 16.8 Å². The molecule has 2 N–H and O–H groups in total. The normalized spacial score (nSPS) is 11.8. The molecule has 0 aliphatic heterocycles. The van der Waals surface area contributed by atoms with Crippen LogP contribution in [0.2, 0.25) is 5.02 Å². The fourth-order valence-corrected chi connectivity index (χ4v) is 4.80. The second-order valence-electron chi connectivity index (χ2n) is 10.1. The molecule has 3 heterocycles. The molecule has 2 aromatic carbocycles. The summed E-state index contributed by atoms with van der Waals surface area (Å²) in [7, 11) is 1.66. The number of aromatic nitrogens is 5. The summed E-state index contributed by atoms with van der Waals surface area (Å²) in [5.41, 5.74) is 4.01. The van der Waals surface area contributed by atoms with Crippen LogP contribution in [0.1, 0.15) is 35.9 Å². The van der Waals surface area contributed by atoms with Crippen LogP contribution in [0.15, 0.2) is 96.6 Å². The molecule has 1 atom stereocenters. The highest BCUT2D eigenvalue weighted by Gasteiger charge is 2.25. The molecular formula is C31H30ClN7O3. The quantitative estimate of drug-likeness (QED) is 0.262. The number of halogens is 1. The minimum Gasteiger partial charge on any atom is -0.339 e. The van der Waals surface area contributed by atoms with E-state index in [1.807, 2.05) is 55.1 Å². The lowest BCUT2D eigenvalue weighted by Crippen LogP contribution is -2.45. The van der Waals surface area contributed by atoms with Gasteiger partial charge in [-0.1, -0.05) is 17.7 Å². The topological polar surface area (TPSA) is 116 Å². The van der Waals surface area contributed by atoms with Crippen LogP contribution in [0.3, 0.4) is 0 Å². The Kier molecular flexibility index (Phi) is 8.35. The van der Waals surface area contributed by atoms with Gasteiger partial charge in [0.05, 0.1) is 6.33 Å². The van der Waals surface area contributed by atoms with Crippen LogP contribution in [0.4, 0.5) is 5.69 Å². The zero-order valence-electron chi connectivity index (χ0n) is 23.4. The van der Waals surface area contributed by atoms with E-state index in [-0.39, 0.29) is 18.0 Å². The number of hydrogen-bond acceptors (Lipinski definition) is 5. The lowest BCUT2D eigenvalue weighted by molar-refractivity contribution is -0.118. The Labute approximate surface area is 247 Å². The fourth-order valence-electron chi connectivity index (χ4n) is 4.60. The van der Waals surface area contributed by atoms with Gasteiger partial charge in [-0.3, -0.25) is 19.1 Å². The Balaban J connectivity index is 1.43. The second kappa shape index (κ2) is 12.3. The number of aryl methyl sites for hydroxylation is 1. The zero-order valence-corrected chi connectivity index (χ0v) is 24.1. The van der Waals surface area contributed by atoms with E-state index >= 15 is 0 Å². The molecule has 0 aliphatic carbocycles. The Morgan fingerprint density at radius 3 is 2.40 bits per heavy atom. The maximum absolute atomic E-state index is 13.6. The minimum absolute atomic E-state index is 0.00599. The molecule has 11 heteroatoms. The summed E-state index contributed by atoms with van der Waals surface area (Å²) >= 11 is 6.61. The highest BCUT2D eigenvalue weighted by Crippen LogP contribution is 2.27. The van der Waals surface area contributed by atoms with Crippen molar-refractivity contribution < 1.29 is 9.59 Å². The summed E-state index contributed by atoms with van der Waals surface area (Å²) in [6.07, 6.45) is 8.65. The lowest BCUT2D eigenvalue weighted by Gasteiger charge is -2.20. The van der Waals surface area contributed by atoms with E-state index in [9.17, 15) is 14.4 Å². The van der Waals surface area contributed by atoms with Crippen molar-refractivity contribution in [3.63, 3.8) is 0 Å². The van der Waals surface area contributed by atoms with Crippen LogP contribution < -0.4 is 16.2 Å². The highest BCUT2D eigenvalue weighted by atomic mass is 35.5. The average molecular weight is 584 g/mol. The van der Waals surface area contributed by atoms with Crippen LogP contribution in [0.25, 0.3) is 16.8 Å². The fraction of sp³-hybridized carbons (Fsp3) is 0.194. The highest BCUT2D eigenvalue weighted by molar-refractivity contribution is 6.31. The molecule has 1 unspecified atom stereocenters. The first-order valence-electron chi connectivity index (χ1n) is 13.4. The van der Waals surface area contributed by atoms with Gasteiger partial charge in [0.25, 0.3) is 11.5 Å². The number of benzene rings is 2. The predicted molar refractivity (Wildman–Crippen MR) is 162 cm³/mol. The number of imidazole rings is 1. The Morgan fingerprint density at radius 2 is 1.74 bits per heavy atom. The van der Waals surface area contributed by atoms with Crippen molar-refractivity contribution in [2.75, 3.05) is 5.32 Å². The summed E-state index contributed by atoms with van der Waals surface area (Å²) in [6.45, 7) is 3.88. The standard InChI is InChI=1S/C31H30ClN7O3/c1-20(2)39-18-22(5-11-29(39)40)21-4-10-26(32)23(16-21)17-27(36-31(42)28-12-13-34-37(28)3)30(41)35-24-6-8-25(9-7-24)38-15-14-33-19-38/h4-16,18-20,27H,17H2,1-3H3,(H,35,41)(H,36,42). The Bertz CT molecular complexity index is 1770. The van der Waals surface area contributed by atoms with Crippen LogP contribution >= 0.6 is 11.6 Å². The van der Waals surface area contributed by atoms with E-state index in [2.05, 4.69) is 20.7 Å². The molecule has 0 spiro atoms. The first kappa shape index (κ1) is 28.6. The predicted octanol–water partition coefficient (Wildman–Crippen LogP) is 4.65. The molecular weight excluding hydrogens is 554 g/mol. The van der Waals surface area contributed by atoms with Crippen LogP contribution in [0.5, 0.6) is 0 Å². The van der Waals surface area contributed by atoms with E-state index in [1.54, 1.807) is 54.5 Å². The summed E-state index contributed by atoms with van der Waals surface area (Å²) in [4.78, 5) is 43.1. The number of anilines is 1. The smallest absolute Gasteiger partial charge is 0.270 e. The van der Waals surface area contributed by atoms with Gasteiger partial charge in [-0.05, 0) is 79.1 Å². The minimum atomic E-state index is -0.960. The third-order valence-corrected chi connectivity index (χ3v) is 7.28. The third-order valence-electron chi connectivity index (χ3n) is 6.91. The number of amides is 2. The molecule has 10 nitrogen and oxygen atoms in total. The van der Waals surface area contributed by atoms with E-state index in [1.165, 1.54) is 16.9 Å². The van der Waals surface area contributed by atoms with E-state index in [0.29, 0.717) is 22.0 Å². The van der Waals surface area contributed by atoms with Crippen molar-refractivity contribution in [3.8, 4) is 16.8 Å². The van der Waals surface area contributed by atoms with Gasteiger partial charge in [0.2, 0.25) is 5.91 Å². The van der Waals surface area contributed by atoms with Crippen molar-refractivity contribution in [3.05, 3.63) is 118 Å². The SMILES string of the molecule is CC(C)n1cc(-c2ccc(Cl)c(CC(NC(=O)c3ccnn3C)C(=O)Nc3ccc(-n4ccnc4)cc3)c2)ccc1=O. The summed E-state index contributed by atoms with van der Waals surface area (Å²) in [5, 5.41) is 10.3. The van der Waals surface area contributed by atoms with Crippen molar-refractivity contribution >= 4 is 29.1 Å². The molecule has 0 saturated carbocycles. The monoisotopic (exact) mass is 583 g/mol. The summed E-state index contributed by atoms with van der Waals surface area (Å²) in [6, 6.07) is 16.7. The van der Waals surface area contributed by atoms with Gasteiger partial charge in [-0.25, -0.2) is 4.98 Å². The summed E-state index contributed by atoms with van der Waals surface area (Å²) < 4.78 is 4.95. The summed E-state index contributed by atoms with van der Waals surface area (Å²) in [5.74, 6) is -0.849. The molecule has 0 aliphatic rings. The number of carbonyl (C=O) groups is 2.